The highest BCUT2D eigenvalue weighted by molar-refractivity contribution is 6.05. The van der Waals surface area contributed by atoms with Crippen molar-refractivity contribution in [3.05, 3.63) is 34.9 Å². The summed E-state index contributed by atoms with van der Waals surface area (Å²) in [5.41, 5.74) is 0.563. The first kappa shape index (κ1) is 16.8. The lowest BCUT2D eigenvalue weighted by molar-refractivity contribution is 0.0820. The lowest BCUT2D eigenvalue weighted by atomic mass is 9.87. The molecule has 3 rings (SSSR count). The number of aromatic hydroxyl groups is 4. The standard InChI is InChI=1S/C18H18O7/c1-8-14(21)13-16(23)10(5-9-3-4-11(19)6-12(9)20)7-25-17(13)18(24-2)15(8)22/h3-4,6,10,19-22H,5,7H2,1-2H3. The summed E-state index contributed by atoms with van der Waals surface area (Å²) in [4.78, 5) is 12.8. The highest BCUT2D eigenvalue weighted by Gasteiger charge is 2.36. The van der Waals surface area contributed by atoms with Gasteiger partial charge in [0.2, 0.25) is 5.75 Å². The topological polar surface area (TPSA) is 116 Å². The molecule has 0 aromatic heterocycles. The van der Waals surface area contributed by atoms with Crippen LogP contribution in [0.15, 0.2) is 18.2 Å². The summed E-state index contributed by atoms with van der Waals surface area (Å²) in [5.74, 6) is -1.81. The molecule has 0 saturated heterocycles. The molecule has 25 heavy (non-hydrogen) atoms. The van der Waals surface area contributed by atoms with Gasteiger partial charge in [-0.1, -0.05) is 6.07 Å². The molecule has 132 valence electrons. The first-order chi connectivity index (χ1) is 11.8. The lowest BCUT2D eigenvalue weighted by Crippen LogP contribution is -2.30. The van der Waals surface area contributed by atoms with E-state index in [0.29, 0.717) is 5.56 Å². The van der Waals surface area contributed by atoms with Crippen molar-refractivity contribution in [1.82, 2.24) is 0 Å². The minimum atomic E-state index is -0.637. The van der Waals surface area contributed by atoms with Crippen molar-refractivity contribution in [1.29, 1.82) is 0 Å². The Morgan fingerprint density at radius 3 is 2.56 bits per heavy atom. The first-order valence-corrected chi connectivity index (χ1v) is 7.65. The minimum absolute atomic E-state index is 0.00424. The Bertz CT molecular complexity index is 857. The number of ether oxygens (including phenoxy) is 2. The fourth-order valence-electron chi connectivity index (χ4n) is 2.96. The minimum Gasteiger partial charge on any atom is -0.508 e. The summed E-state index contributed by atoms with van der Waals surface area (Å²) < 4.78 is 10.7. The fraction of sp³-hybridized carbons (Fsp3) is 0.278. The van der Waals surface area contributed by atoms with Crippen LogP contribution >= 0.6 is 0 Å². The Morgan fingerprint density at radius 1 is 1.20 bits per heavy atom. The summed E-state index contributed by atoms with van der Waals surface area (Å²) in [6, 6.07) is 4.13. The summed E-state index contributed by atoms with van der Waals surface area (Å²) in [6.45, 7) is 1.47. The molecule has 0 aliphatic carbocycles. The average molecular weight is 346 g/mol. The van der Waals surface area contributed by atoms with Crippen LogP contribution in [-0.4, -0.2) is 39.9 Å². The van der Waals surface area contributed by atoms with E-state index in [1.54, 1.807) is 0 Å². The third kappa shape index (κ3) is 2.67. The van der Waals surface area contributed by atoms with E-state index in [4.69, 9.17) is 9.47 Å². The number of Topliss-reactive ketones (excluding diaryl/α,β-unsaturated/α-hetero) is 1. The maximum Gasteiger partial charge on any atom is 0.204 e. The van der Waals surface area contributed by atoms with Gasteiger partial charge in [0, 0.05) is 11.6 Å². The van der Waals surface area contributed by atoms with Gasteiger partial charge in [0.1, 0.15) is 22.8 Å². The third-order valence-electron chi connectivity index (χ3n) is 4.38. The maximum atomic E-state index is 12.8. The number of phenolic OH excluding ortho intramolecular Hbond substituents is 4. The molecule has 0 bridgehead atoms. The predicted molar refractivity (Wildman–Crippen MR) is 87.9 cm³/mol. The number of methoxy groups -OCH3 is 1. The fourth-order valence-corrected chi connectivity index (χ4v) is 2.96. The molecule has 7 heteroatoms. The van der Waals surface area contributed by atoms with Gasteiger partial charge in [-0.2, -0.15) is 0 Å². The zero-order valence-corrected chi connectivity index (χ0v) is 13.7. The number of benzene rings is 2. The van der Waals surface area contributed by atoms with Crippen molar-refractivity contribution in [3.8, 4) is 34.5 Å². The second kappa shape index (κ2) is 6.08. The number of fused-ring (bicyclic) bond motifs is 1. The van der Waals surface area contributed by atoms with Crippen molar-refractivity contribution >= 4 is 5.78 Å². The molecule has 0 saturated carbocycles. The zero-order valence-electron chi connectivity index (χ0n) is 13.7. The number of ketones is 1. The predicted octanol–water partition coefficient (Wildman–Crippen LogP) is 2.26. The smallest absolute Gasteiger partial charge is 0.204 e. The number of rotatable bonds is 3. The van der Waals surface area contributed by atoms with E-state index < -0.39 is 5.92 Å². The summed E-state index contributed by atoms with van der Waals surface area (Å²) >= 11 is 0. The number of hydrogen-bond donors (Lipinski definition) is 4. The Balaban J connectivity index is 2.00. The average Bonchev–Trinajstić information content (AvgIpc) is 2.57. The van der Waals surface area contributed by atoms with Crippen LogP contribution in [0.1, 0.15) is 21.5 Å². The number of hydrogen-bond acceptors (Lipinski definition) is 7. The van der Waals surface area contributed by atoms with Gasteiger partial charge in [-0.15, -0.1) is 0 Å². The lowest BCUT2D eigenvalue weighted by Gasteiger charge is -2.27. The van der Waals surface area contributed by atoms with E-state index in [-0.39, 0.29) is 64.4 Å². The van der Waals surface area contributed by atoms with Crippen LogP contribution < -0.4 is 9.47 Å². The number of carbonyl (C=O) groups is 1. The molecule has 4 N–H and O–H groups in total. The molecule has 0 spiro atoms. The Kier molecular flexibility index (Phi) is 4.08. The number of phenols is 4. The second-order valence-electron chi connectivity index (χ2n) is 5.95. The molecule has 1 aliphatic heterocycles. The van der Waals surface area contributed by atoms with E-state index in [1.165, 1.54) is 32.2 Å². The van der Waals surface area contributed by atoms with E-state index in [2.05, 4.69) is 0 Å². The molecule has 1 heterocycles. The van der Waals surface area contributed by atoms with Gasteiger partial charge in [0.05, 0.1) is 19.6 Å². The van der Waals surface area contributed by atoms with Crippen LogP contribution in [0.3, 0.4) is 0 Å². The molecule has 0 radical (unpaired) electrons. The Hall–Kier alpha value is -3.09. The molecule has 1 unspecified atom stereocenters. The van der Waals surface area contributed by atoms with Crippen molar-refractivity contribution in [2.45, 2.75) is 13.3 Å². The highest BCUT2D eigenvalue weighted by Crippen LogP contribution is 2.50. The van der Waals surface area contributed by atoms with Gasteiger partial charge in [-0.05, 0) is 25.0 Å². The van der Waals surface area contributed by atoms with Gasteiger partial charge in [-0.25, -0.2) is 0 Å². The van der Waals surface area contributed by atoms with Crippen LogP contribution in [0.5, 0.6) is 34.5 Å². The van der Waals surface area contributed by atoms with E-state index in [1.807, 2.05) is 0 Å². The molecule has 2 aromatic carbocycles. The normalized spacial score (nSPS) is 16.2. The maximum absolute atomic E-state index is 12.8. The van der Waals surface area contributed by atoms with Gasteiger partial charge >= 0.3 is 0 Å². The van der Waals surface area contributed by atoms with E-state index >= 15 is 0 Å². The molecular formula is C18H18O7. The van der Waals surface area contributed by atoms with Gasteiger partial charge < -0.3 is 29.9 Å². The zero-order chi connectivity index (χ0) is 18.3. The van der Waals surface area contributed by atoms with Crippen LogP contribution in [0.2, 0.25) is 0 Å². The SMILES string of the molecule is COc1c(O)c(C)c(O)c2c1OCC(Cc1ccc(O)cc1O)C2=O. The summed E-state index contributed by atoms with van der Waals surface area (Å²) in [7, 11) is 1.33. The Morgan fingerprint density at radius 2 is 1.92 bits per heavy atom. The molecule has 2 aromatic rings. The molecule has 1 aliphatic rings. The van der Waals surface area contributed by atoms with E-state index in [0.717, 1.165) is 0 Å². The third-order valence-corrected chi connectivity index (χ3v) is 4.38. The highest BCUT2D eigenvalue weighted by atomic mass is 16.5. The number of carbonyl (C=O) groups excluding carboxylic acids is 1. The quantitative estimate of drug-likeness (QED) is 0.673. The van der Waals surface area contributed by atoms with Crippen LogP contribution in [0.25, 0.3) is 0 Å². The molecule has 7 nitrogen and oxygen atoms in total. The van der Waals surface area contributed by atoms with Crippen molar-refractivity contribution in [2.75, 3.05) is 13.7 Å². The molecule has 0 fully saturated rings. The monoisotopic (exact) mass is 346 g/mol. The van der Waals surface area contributed by atoms with Crippen LogP contribution in [0, 0.1) is 12.8 Å². The van der Waals surface area contributed by atoms with Crippen LogP contribution in [0.4, 0.5) is 0 Å². The van der Waals surface area contributed by atoms with Crippen molar-refractivity contribution < 1.29 is 34.7 Å². The summed E-state index contributed by atoms with van der Waals surface area (Å²) in [6.07, 6.45) is 0.173. The summed E-state index contributed by atoms with van der Waals surface area (Å²) in [5, 5.41) is 39.6. The largest absolute Gasteiger partial charge is 0.508 e. The van der Waals surface area contributed by atoms with Gasteiger partial charge in [0.25, 0.3) is 0 Å². The molecular weight excluding hydrogens is 328 g/mol. The van der Waals surface area contributed by atoms with Gasteiger partial charge in [0.15, 0.2) is 17.3 Å². The van der Waals surface area contributed by atoms with E-state index in [9.17, 15) is 25.2 Å². The van der Waals surface area contributed by atoms with Gasteiger partial charge in [-0.3, -0.25) is 4.79 Å². The van der Waals surface area contributed by atoms with Crippen molar-refractivity contribution in [3.63, 3.8) is 0 Å². The Labute approximate surface area is 143 Å². The molecule has 1 atom stereocenters. The molecule has 0 amide bonds. The first-order valence-electron chi connectivity index (χ1n) is 7.65. The van der Waals surface area contributed by atoms with Crippen molar-refractivity contribution in [2.24, 2.45) is 5.92 Å². The second-order valence-corrected chi connectivity index (χ2v) is 5.95. The van der Waals surface area contributed by atoms with Crippen LogP contribution in [-0.2, 0) is 6.42 Å².